The fourth-order valence-corrected chi connectivity index (χ4v) is 5.28. The molecule has 0 spiro atoms. The van der Waals surface area contributed by atoms with E-state index in [4.69, 9.17) is 0 Å². The molecule has 3 heterocycles. The Kier molecular flexibility index (Phi) is 5.85. The Hall–Kier alpha value is -2.37. The van der Waals surface area contributed by atoms with Gasteiger partial charge in [-0.15, -0.1) is 16.4 Å². The van der Waals surface area contributed by atoms with Gasteiger partial charge in [0.15, 0.2) is 5.82 Å². The number of rotatable bonds is 6. The van der Waals surface area contributed by atoms with Gasteiger partial charge in [0, 0.05) is 42.9 Å². The van der Waals surface area contributed by atoms with Gasteiger partial charge in [-0.2, -0.15) is 4.98 Å². The lowest BCUT2D eigenvalue weighted by atomic mass is 9.97. The maximum atomic E-state index is 13.5. The molecule has 1 saturated heterocycles. The zero-order valence-electron chi connectivity index (χ0n) is 16.4. The first-order valence-corrected chi connectivity index (χ1v) is 12.4. The van der Waals surface area contributed by atoms with Crippen molar-refractivity contribution >= 4 is 32.2 Å². The van der Waals surface area contributed by atoms with Gasteiger partial charge in [-0.25, -0.2) is 21.6 Å². The second-order valence-electron chi connectivity index (χ2n) is 7.34. The second kappa shape index (κ2) is 8.40. The zero-order valence-corrected chi connectivity index (χ0v) is 18.0. The molecule has 3 aromatic rings. The molecule has 1 amide bonds. The van der Waals surface area contributed by atoms with Crippen LogP contribution in [0.1, 0.15) is 18.5 Å². The minimum absolute atomic E-state index is 0.0475. The molecular formula is C19H22FN5O3S2. The Balaban J connectivity index is 1.34. The Labute approximate surface area is 177 Å². The van der Waals surface area contributed by atoms with Gasteiger partial charge in [0.25, 0.3) is 0 Å². The average molecular weight is 452 g/mol. The van der Waals surface area contributed by atoms with Crippen LogP contribution in [0.5, 0.6) is 0 Å². The first kappa shape index (κ1) is 20.9. The number of hydrogen-bond acceptors (Lipinski definition) is 6. The number of nitrogens with zero attached hydrogens (tertiary/aromatic N) is 4. The number of halogens is 1. The molecule has 1 N–H and O–H groups in total. The number of carbonyl (C=O) groups is 1. The number of nitrogens with one attached hydrogen (secondary N) is 1. The van der Waals surface area contributed by atoms with Gasteiger partial charge in [0.1, 0.15) is 5.82 Å². The van der Waals surface area contributed by atoms with Crippen molar-refractivity contribution in [1.82, 2.24) is 24.2 Å². The van der Waals surface area contributed by atoms with E-state index >= 15 is 0 Å². The van der Waals surface area contributed by atoms with E-state index in [1.807, 2.05) is 5.38 Å². The molecule has 1 fully saturated rings. The second-order valence-corrected chi connectivity index (χ2v) is 10.2. The summed E-state index contributed by atoms with van der Waals surface area (Å²) in [7, 11) is -3.20. The van der Waals surface area contributed by atoms with Crippen LogP contribution in [-0.2, 0) is 21.2 Å². The van der Waals surface area contributed by atoms with Crippen LogP contribution in [0.4, 0.5) is 4.39 Å². The SMILES string of the molecule is CS(=O)(=O)N1CCC(C(=O)NCCc2csc3nc(-c4cccc(F)c4)nn23)CC1. The number of piperidine rings is 1. The summed E-state index contributed by atoms with van der Waals surface area (Å²) in [4.78, 5) is 17.6. The van der Waals surface area contributed by atoms with Crippen LogP contribution in [0, 0.1) is 11.7 Å². The third kappa shape index (κ3) is 4.52. The number of amides is 1. The highest BCUT2D eigenvalue weighted by molar-refractivity contribution is 7.88. The first-order chi connectivity index (χ1) is 14.3. The molecule has 1 aliphatic heterocycles. The van der Waals surface area contributed by atoms with Crippen LogP contribution in [0.15, 0.2) is 29.6 Å². The fraction of sp³-hybridized carbons (Fsp3) is 0.421. The summed E-state index contributed by atoms with van der Waals surface area (Å²) in [5.74, 6) is -0.0923. The van der Waals surface area contributed by atoms with E-state index in [2.05, 4.69) is 15.4 Å². The predicted octanol–water partition coefficient (Wildman–Crippen LogP) is 1.93. The van der Waals surface area contributed by atoms with Gasteiger partial charge in [-0.3, -0.25) is 4.79 Å². The van der Waals surface area contributed by atoms with Crippen molar-refractivity contribution in [3.63, 3.8) is 0 Å². The number of thiazole rings is 1. The molecular weight excluding hydrogens is 429 g/mol. The van der Waals surface area contributed by atoms with E-state index < -0.39 is 10.0 Å². The lowest BCUT2D eigenvalue weighted by Crippen LogP contribution is -2.42. The highest BCUT2D eigenvalue weighted by Crippen LogP contribution is 2.22. The average Bonchev–Trinajstić information content (AvgIpc) is 3.29. The van der Waals surface area contributed by atoms with Crippen molar-refractivity contribution < 1.29 is 17.6 Å². The molecule has 30 heavy (non-hydrogen) atoms. The normalized spacial score (nSPS) is 16.2. The minimum atomic E-state index is -3.20. The number of aromatic nitrogens is 3. The van der Waals surface area contributed by atoms with Crippen LogP contribution in [0.25, 0.3) is 16.3 Å². The summed E-state index contributed by atoms with van der Waals surface area (Å²) in [6.07, 6.45) is 2.84. The highest BCUT2D eigenvalue weighted by atomic mass is 32.2. The molecule has 0 saturated carbocycles. The molecule has 1 aliphatic rings. The van der Waals surface area contributed by atoms with E-state index in [1.165, 1.54) is 34.0 Å². The number of carbonyl (C=O) groups excluding carboxylic acids is 1. The molecule has 0 atom stereocenters. The molecule has 2 aromatic heterocycles. The van der Waals surface area contributed by atoms with E-state index in [0.717, 1.165) is 5.69 Å². The van der Waals surface area contributed by atoms with Crippen LogP contribution in [0.3, 0.4) is 0 Å². The molecule has 0 radical (unpaired) electrons. The van der Waals surface area contributed by atoms with Crippen molar-refractivity contribution in [2.45, 2.75) is 19.3 Å². The van der Waals surface area contributed by atoms with Gasteiger partial charge in [0.05, 0.1) is 11.9 Å². The smallest absolute Gasteiger partial charge is 0.223 e. The summed E-state index contributed by atoms with van der Waals surface area (Å²) < 4.78 is 39.8. The molecule has 0 aliphatic carbocycles. The number of benzene rings is 1. The lowest BCUT2D eigenvalue weighted by Gasteiger charge is -2.29. The van der Waals surface area contributed by atoms with E-state index in [-0.39, 0.29) is 17.6 Å². The highest BCUT2D eigenvalue weighted by Gasteiger charge is 2.28. The Morgan fingerprint density at radius 2 is 2.10 bits per heavy atom. The molecule has 0 bridgehead atoms. The predicted molar refractivity (Wildman–Crippen MR) is 112 cm³/mol. The maximum absolute atomic E-state index is 13.5. The van der Waals surface area contributed by atoms with Crippen molar-refractivity contribution in [2.24, 2.45) is 5.92 Å². The summed E-state index contributed by atoms with van der Waals surface area (Å²) in [5, 5.41) is 9.36. The lowest BCUT2D eigenvalue weighted by molar-refractivity contribution is -0.126. The van der Waals surface area contributed by atoms with Crippen molar-refractivity contribution in [2.75, 3.05) is 25.9 Å². The molecule has 0 unspecified atom stereocenters. The largest absolute Gasteiger partial charge is 0.355 e. The molecule has 1 aromatic carbocycles. The standard InChI is InChI=1S/C19H22FN5O3S2/c1-30(27,28)24-9-6-13(7-10-24)18(26)21-8-5-16-12-29-19-22-17(23-25(16)19)14-3-2-4-15(20)11-14/h2-4,11-13H,5-10H2,1H3,(H,21,26). The van der Waals surface area contributed by atoms with Gasteiger partial charge in [0.2, 0.25) is 20.9 Å². The monoisotopic (exact) mass is 451 g/mol. The van der Waals surface area contributed by atoms with Crippen LogP contribution >= 0.6 is 11.3 Å². The van der Waals surface area contributed by atoms with Crippen LogP contribution in [0.2, 0.25) is 0 Å². The van der Waals surface area contributed by atoms with Gasteiger partial charge in [-0.1, -0.05) is 12.1 Å². The third-order valence-electron chi connectivity index (χ3n) is 5.21. The summed E-state index contributed by atoms with van der Waals surface area (Å²) in [6, 6.07) is 6.16. The van der Waals surface area contributed by atoms with Crippen LogP contribution < -0.4 is 5.32 Å². The number of sulfonamides is 1. The minimum Gasteiger partial charge on any atom is -0.355 e. The van der Waals surface area contributed by atoms with E-state index in [0.29, 0.717) is 55.2 Å². The van der Waals surface area contributed by atoms with E-state index in [1.54, 1.807) is 16.6 Å². The Bertz CT molecular complexity index is 1170. The van der Waals surface area contributed by atoms with Gasteiger partial charge in [-0.05, 0) is 25.0 Å². The zero-order chi connectivity index (χ0) is 21.3. The summed E-state index contributed by atoms with van der Waals surface area (Å²) >= 11 is 1.44. The van der Waals surface area contributed by atoms with Crippen LogP contribution in [-0.4, -0.2) is 59.1 Å². The molecule has 4 rings (SSSR count). The Morgan fingerprint density at radius 1 is 1.33 bits per heavy atom. The quantitative estimate of drug-likeness (QED) is 0.618. The third-order valence-corrected chi connectivity index (χ3v) is 7.37. The van der Waals surface area contributed by atoms with Crippen molar-refractivity contribution in [1.29, 1.82) is 0 Å². The summed E-state index contributed by atoms with van der Waals surface area (Å²) in [5.41, 5.74) is 1.53. The molecule has 8 nitrogen and oxygen atoms in total. The van der Waals surface area contributed by atoms with Crippen molar-refractivity contribution in [3.8, 4) is 11.4 Å². The number of fused-ring (bicyclic) bond motifs is 1. The van der Waals surface area contributed by atoms with E-state index in [9.17, 15) is 17.6 Å². The van der Waals surface area contributed by atoms with Gasteiger partial charge < -0.3 is 5.32 Å². The van der Waals surface area contributed by atoms with Crippen molar-refractivity contribution in [3.05, 3.63) is 41.2 Å². The first-order valence-electron chi connectivity index (χ1n) is 9.63. The molecule has 160 valence electrons. The summed E-state index contributed by atoms with van der Waals surface area (Å²) in [6.45, 7) is 1.21. The maximum Gasteiger partial charge on any atom is 0.223 e. The van der Waals surface area contributed by atoms with Gasteiger partial charge >= 0.3 is 0 Å². The molecule has 11 heteroatoms. The topological polar surface area (TPSA) is 96.7 Å². The number of hydrogen-bond donors (Lipinski definition) is 1. The fourth-order valence-electron chi connectivity index (χ4n) is 3.55. The Morgan fingerprint density at radius 3 is 2.80 bits per heavy atom.